The summed E-state index contributed by atoms with van der Waals surface area (Å²) >= 11 is 1.87. The van der Waals surface area contributed by atoms with E-state index in [0.29, 0.717) is 0 Å². The van der Waals surface area contributed by atoms with Crippen LogP contribution in [0.2, 0.25) is 0 Å². The fourth-order valence-corrected chi connectivity index (χ4v) is 2.79. The van der Waals surface area contributed by atoms with Gasteiger partial charge in [0.05, 0.1) is 23.4 Å². The van der Waals surface area contributed by atoms with Gasteiger partial charge in [0.2, 0.25) is 0 Å². The maximum absolute atomic E-state index is 4.15. The van der Waals surface area contributed by atoms with Crippen molar-refractivity contribution in [3.05, 3.63) is 48.8 Å². The maximum atomic E-state index is 4.15. The van der Waals surface area contributed by atoms with Crippen LogP contribution in [0.5, 0.6) is 0 Å². The Morgan fingerprint density at radius 1 is 1.13 bits per heavy atom. The van der Waals surface area contributed by atoms with Gasteiger partial charge in [-0.15, -0.1) is 11.8 Å². The van der Waals surface area contributed by atoms with Crippen molar-refractivity contribution in [3.8, 4) is 0 Å². The Labute approximate surface area is 93.0 Å². The van der Waals surface area contributed by atoms with Crippen LogP contribution in [0.4, 0.5) is 11.4 Å². The number of hydrogen-bond acceptors (Lipinski definition) is 3. The van der Waals surface area contributed by atoms with E-state index in [4.69, 9.17) is 0 Å². The van der Waals surface area contributed by atoms with Crippen molar-refractivity contribution in [2.75, 3.05) is 10.8 Å². The Kier molecular flexibility index (Phi) is 2.10. The molecular weight excluding hydrogens is 204 g/mol. The zero-order chi connectivity index (χ0) is 10.1. The molecule has 2 aromatic rings. The van der Waals surface area contributed by atoms with Crippen molar-refractivity contribution in [1.29, 1.82) is 0 Å². The third-order valence-electron chi connectivity index (χ3n) is 2.46. The second-order valence-corrected chi connectivity index (χ2v) is 4.37. The van der Waals surface area contributed by atoms with Gasteiger partial charge in [0.1, 0.15) is 0 Å². The molecule has 0 unspecified atom stereocenters. The molecule has 15 heavy (non-hydrogen) atoms. The monoisotopic (exact) mass is 214 g/mol. The number of para-hydroxylation sites is 1. The molecular formula is C12H10N2S. The van der Waals surface area contributed by atoms with Gasteiger partial charge in [-0.05, 0) is 24.3 Å². The zero-order valence-corrected chi connectivity index (χ0v) is 8.95. The average Bonchev–Trinajstić information content (AvgIpc) is 2.74. The lowest BCUT2D eigenvalue weighted by Gasteiger charge is -2.17. The van der Waals surface area contributed by atoms with E-state index in [0.717, 1.165) is 11.6 Å². The lowest BCUT2D eigenvalue weighted by molar-refractivity contribution is 1.15. The molecule has 0 saturated carbocycles. The van der Waals surface area contributed by atoms with Crippen molar-refractivity contribution < 1.29 is 0 Å². The largest absolute Gasteiger partial charge is 0.329 e. The van der Waals surface area contributed by atoms with Gasteiger partial charge in [0.25, 0.3) is 0 Å². The molecule has 0 N–H and O–H groups in total. The van der Waals surface area contributed by atoms with Gasteiger partial charge in [-0.3, -0.25) is 4.98 Å². The van der Waals surface area contributed by atoms with Crippen LogP contribution in [0.25, 0.3) is 0 Å². The summed E-state index contributed by atoms with van der Waals surface area (Å²) in [6, 6.07) is 12.5. The molecule has 1 aromatic heterocycles. The van der Waals surface area contributed by atoms with Gasteiger partial charge >= 0.3 is 0 Å². The number of rotatable bonds is 1. The second kappa shape index (κ2) is 3.59. The first kappa shape index (κ1) is 8.80. The first-order chi connectivity index (χ1) is 7.45. The summed E-state index contributed by atoms with van der Waals surface area (Å²) in [6.45, 7) is 0. The standard InChI is InChI=1S/C12H10N2S/c1-2-6-12-11(5-1)14(9-15-12)10-4-3-7-13-8-10/h1-8H,9H2. The molecule has 1 aliphatic heterocycles. The molecule has 74 valence electrons. The summed E-state index contributed by atoms with van der Waals surface area (Å²) in [4.78, 5) is 7.78. The van der Waals surface area contributed by atoms with E-state index in [1.54, 1.807) is 6.20 Å². The zero-order valence-electron chi connectivity index (χ0n) is 8.13. The van der Waals surface area contributed by atoms with Gasteiger partial charge in [0.15, 0.2) is 0 Å². The van der Waals surface area contributed by atoms with Gasteiger partial charge in [0, 0.05) is 11.1 Å². The molecule has 0 radical (unpaired) electrons. The van der Waals surface area contributed by atoms with E-state index in [9.17, 15) is 0 Å². The van der Waals surface area contributed by atoms with Crippen molar-refractivity contribution in [2.45, 2.75) is 4.90 Å². The molecule has 3 heteroatoms. The number of benzene rings is 1. The minimum Gasteiger partial charge on any atom is -0.329 e. The van der Waals surface area contributed by atoms with Crippen LogP contribution in [0.15, 0.2) is 53.7 Å². The molecule has 0 bridgehead atoms. The fourth-order valence-electron chi connectivity index (χ4n) is 1.73. The summed E-state index contributed by atoms with van der Waals surface area (Å²) in [5, 5.41) is 0. The molecule has 0 fully saturated rings. The molecule has 3 rings (SSSR count). The summed E-state index contributed by atoms with van der Waals surface area (Å²) in [5.74, 6) is 0.977. The lowest BCUT2D eigenvalue weighted by Crippen LogP contribution is -2.11. The van der Waals surface area contributed by atoms with Crippen LogP contribution in [-0.4, -0.2) is 10.9 Å². The van der Waals surface area contributed by atoms with Crippen LogP contribution in [0.1, 0.15) is 0 Å². The highest BCUT2D eigenvalue weighted by atomic mass is 32.2. The van der Waals surface area contributed by atoms with Crippen molar-refractivity contribution in [2.24, 2.45) is 0 Å². The number of aromatic nitrogens is 1. The Morgan fingerprint density at radius 2 is 2.07 bits per heavy atom. The molecule has 0 aliphatic carbocycles. The number of nitrogens with zero attached hydrogens (tertiary/aromatic N) is 2. The summed E-state index contributed by atoms with van der Waals surface area (Å²) in [5.41, 5.74) is 2.45. The van der Waals surface area contributed by atoms with Gasteiger partial charge in [-0.25, -0.2) is 0 Å². The first-order valence-electron chi connectivity index (χ1n) is 4.84. The van der Waals surface area contributed by atoms with Crippen molar-refractivity contribution in [1.82, 2.24) is 4.98 Å². The molecule has 0 spiro atoms. The lowest BCUT2D eigenvalue weighted by atomic mass is 10.3. The third-order valence-corrected chi connectivity index (χ3v) is 3.51. The van der Waals surface area contributed by atoms with Gasteiger partial charge in [-0.1, -0.05) is 12.1 Å². The summed E-state index contributed by atoms with van der Waals surface area (Å²) < 4.78 is 0. The Balaban J connectivity index is 2.05. The van der Waals surface area contributed by atoms with Crippen LogP contribution in [0, 0.1) is 0 Å². The van der Waals surface area contributed by atoms with E-state index in [2.05, 4.69) is 40.2 Å². The topological polar surface area (TPSA) is 16.1 Å². The molecule has 0 amide bonds. The van der Waals surface area contributed by atoms with Gasteiger partial charge in [-0.2, -0.15) is 0 Å². The maximum Gasteiger partial charge on any atom is 0.0736 e. The highest BCUT2D eigenvalue weighted by Gasteiger charge is 2.19. The molecule has 1 aliphatic rings. The molecule has 2 nitrogen and oxygen atoms in total. The average molecular weight is 214 g/mol. The number of pyridine rings is 1. The normalized spacial score (nSPS) is 14.0. The number of anilines is 2. The van der Waals surface area contributed by atoms with Crippen LogP contribution < -0.4 is 4.90 Å². The Morgan fingerprint density at radius 3 is 2.93 bits per heavy atom. The quantitative estimate of drug-likeness (QED) is 0.724. The number of hydrogen-bond donors (Lipinski definition) is 0. The van der Waals surface area contributed by atoms with Crippen LogP contribution in [0.3, 0.4) is 0 Å². The van der Waals surface area contributed by atoms with Gasteiger partial charge < -0.3 is 4.90 Å². The second-order valence-electron chi connectivity index (χ2n) is 3.38. The van der Waals surface area contributed by atoms with E-state index in [1.165, 1.54) is 10.6 Å². The molecule has 0 saturated heterocycles. The highest BCUT2D eigenvalue weighted by Crippen LogP contribution is 2.41. The Bertz CT molecular complexity index is 470. The minimum atomic E-state index is 0.977. The Hall–Kier alpha value is -1.48. The van der Waals surface area contributed by atoms with Crippen molar-refractivity contribution >= 4 is 23.1 Å². The first-order valence-corrected chi connectivity index (χ1v) is 5.83. The van der Waals surface area contributed by atoms with E-state index < -0.39 is 0 Å². The molecule has 1 aromatic carbocycles. The van der Waals surface area contributed by atoms with Crippen molar-refractivity contribution in [3.63, 3.8) is 0 Å². The number of thioether (sulfide) groups is 1. The predicted molar refractivity (Wildman–Crippen MR) is 63.5 cm³/mol. The van der Waals surface area contributed by atoms with Crippen LogP contribution >= 0.6 is 11.8 Å². The fraction of sp³-hybridized carbons (Fsp3) is 0.0833. The van der Waals surface area contributed by atoms with E-state index in [-0.39, 0.29) is 0 Å². The third kappa shape index (κ3) is 1.49. The number of fused-ring (bicyclic) bond motifs is 1. The highest BCUT2D eigenvalue weighted by molar-refractivity contribution is 7.99. The minimum absolute atomic E-state index is 0.977. The smallest absolute Gasteiger partial charge is 0.0736 e. The van der Waals surface area contributed by atoms with Crippen LogP contribution in [-0.2, 0) is 0 Å². The van der Waals surface area contributed by atoms with E-state index >= 15 is 0 Å². The molecule has 0 atom stereocenters. The summed E-state index contributed by atoms with van der Waals surface area (Å²) in [6.07, 6.45) is 3.71. The SMILES string of the molecule is c1cncc(N2CSc3ccccc32)c1. The summed E-state index contributed by atoms with van der Waals surface area (Å²) in [7, 11) is 0. The van der Waals surface area contributed by atoms with E-state index in [1.807, 2.05) is 24.0 Å². The molecule has 2 heterocycles. The predicted octanol–water partition coefficient (Wildman–Crippen LogP) is 3.28.